The molecule has 9 heteroatoms. The van der Waals surface area contributed by atoms with Gasteiger partial charge >= 0.3 is 0 Å². The van der Waals surface area contributed by atoms with Gasteiger partial charge in [-0.2, -0.15) is 0 Å². The molecule has 2 N–H and O–H groups in total. The molecule has 0 aliphatic heterocycles. The van der Waals surface area contributed by atoms with Gasteiger partial charge in [-0.25, -0.2) is 0 Å². The standard InChI is InChI=1S/C62H119N2O6P/c1-6-8-10-12-14-16-18-20-22-24-26-27-28-29-30-31-32-33-34-35-36-37-38-40-42-44-46-48-50-52-54-56-62(66)63-60(59-70-71(67,68)69-58-57-64(3,4)5)61(65)55-53-51-49-47-45-43-41-39-25-23-21-19-17-15-13-11-9-7-2/h8,10,14,16,20,22,26-27,60-61,65H,6-7,9,11-13,15,17-19,21,23-25,28-59H2,1-5H3,(H-,63,66,67,68)/b10-8-,16-14-,22-20-,27-26-. The van der Waals surface area contributed by atoms with E-state index < -0.39 is 20.0 Å². The summed E-state index contributed by atoms with van der Waals surface area (Å²) in [4.78, 5) is 25.6. The number of rotatable bonds is 56. The van der Waals surface area contributed by atoms with E-state index in [1.165, 1.54) is 199 Å². The number of carbonyl (C=O) groups is 1. The van der Waals surface area contributed by atoms with Crippen LogP contribution in [0.2, 0.25) is 0 Å². The molecular weight excluding hydrogens is 900 g/mol. The molecule has 0 aromatic heterocycles. The van der Waals surface area contributed by atoms with Crippen LogP contribution in [0.15, 0.2) is 48.6 Å². The maximum atomic E-state index is 13.0. The average molecular weight is 1020 g/mol. The second-order valence-corrected chi connectivity index (χ2v) is 23.4. The van der Waals surface area contributed by atoms with Gasteiger partial charge in [0.25, 0.3) is 7.82 Å². The van der Waals surface area contributed by atoms with Gasteiger partial charge in [0.1, 0.15) is 13.2 Å². The fourth-order valence-corrected chi connectivity index (χ4v) is 9.82. The fourth-order valence-electron chi connectivity index (χ4n) is 9.09. The lowest BCUT2D eigenvalue weighted by Crippen LogP contribution is -2.46. The Morgan fingerprint density at radius 3 is 1.25 bits per heavy atom. The van der Waals surface area contributed by atoms with Gasteiger partial charge < -0.3 is 28.8 Å². The van der Waals surface area contributed by atoms with Crippen molar-refractivity contribution in [2.75, 3.05) is 40.9 Å². The van der Waals surface area contributed by atoms with Crippen LogP contribution >= 0.6 is 7.82 Å². The third-order valence-electron chi connectivity index (χ3n) is 13.8. The van der Waals surface area contributed by atoms with Gasteiger partial charge in [0.05, 0.1) is 39.9 Å². The Morgan fingerprint density at radius 1 is 0.507 bits per heavy atom. The molecule has 3 unspecified atom stereocenters. The van der Waals surface area contributed by atoms with E-state index in [0.29, 0.717) is 23.9 Å². The highest BCUT2D eigenvalue weighted by Crippen LogP contribution is 2.38. The first-order valence-corrected chi connectivity index (χ1v) is 31.9. The van der Waals surface area contributed by atoms with Crippen molar-refractivity contribution < 1.29 is 32.9 Å². The SMILES string of the molecule is CC/C=C\C/C=C\C/C=C\C/C=C\CCCCCCCCCCCCCCCCCCCCC(=O)NC(COP(=O)([O-])OCC[N+](C)(C)C)C(O)CCCCCCCCCCCCCCCCCCCC. The van der Waals surface area contributed by atoms with Crippen molar-refractivity contribution in [3.8, 4) is 0 Å². The maximum absolute atomic E-state index is 13.0. The first-order chi connectivity index (χ1) is 34.5. The van der Waals surface area contributed by atoms with Crippen LogP contribution in [0.3, 0.4) is 0 Å². The van der Waals surface area contributed by atoms with Crippen molar-refractivity contribution in [1.82, 2.24) is 5.32 Å². The number of hydrogen-bond donors (Lipinski definition) is 2. The molecule has 0 saturated carbocycles. The average Bonchev–Trinajstić information content (AvgIpc) is 3.33. The van der Waals surface area contributed by atoms with Crippen molar-refractivity contribution in [2.45, 2.75) is 302 Å². The Kier molecular flexibility index (Phi) is 52.1. The second kappa shape index (κ2) is 53.3. The third kappa shape index (κ3) is 56.0. The van der Waals surface area contributed by atoms with Crippen LogP contribution < -0.4 is 10.2 Å². The molecule has 3 atom stereocenters. The van der Waals surface area contributed by atoms with Gasteiger partial charge in [0, 0.05) is 6.42 Å². The molecule has 418 valence electrons. The maximum Gasteiger partial charge on any atom is 0.268 e. The van der Waals surface area contributed by atoms with E-state index in [0.717, 1.165) is 64.2 Å². The summed E-state index contributed by atoms with van der Waals surface area (Å²) in [7, 11) is 1.31. The number of nitrogens with one attached hydrogen (secondary N) is 1. The lowest BCUT2D eigenvalue weighted by Gasteiger charge is -2.30. The number of hydrogen-bond acceptors (Lipinski definition) is 6. The number of phosphoric acid groups is 1. The largest absolute Gasteiger partial charge is 0.756 e. The van der Waals surface area contributed by atoms with E-state index in [1.54, 1.807) is 0 Å². The number of carbonyl (C=O) groups excluding carboxylic acids is 1. The fraction of sp³-hybridized carbons (Fsp3) is 0.855. The number of likely N-dealkylation sites (N-methyl/N-ethyl adjacent to an activating group) is 1. The molecule has 8 nitrogen and oxygen atoms in total. The molecule has 0 bridgehead atoms. The number of aliphatic hydroxyl groups is 1. The first-order valence-electron chi connectivity index (χ1n) is 30.5. The van der Waals surface area contributed by atoms with Gasteiger partial charge in [-0.3, -0.25) is 9.36 Å². The van der Waals surface area contributed by atoms with E-state index in [-0.39, 0.29) is 19.1 Å². The first kappa shape index (κ1) is 69.5. The third-order valence-corrected chi connectivity index (χ3v) is 14.8. The number of phosphoric ester groups is 1. The van der Waals surface area contributed by atoms with E-state index in [1.807, 2.05) is 21.1 Å². The quantitative estimate of drug-likeness (QED) is 0.0272. The monoisotopic (exact) mass is 1020 g/mol. The van der Waals surface area contributed by atoms with Crippen LogP contribution in [0.4, 0.5) is 0 Å². The lowest BCUT2D eigenvalue weighted by molar-refractivity contribution is -0.870. The second-order valence-electron chi connectivity index (χ2n) is 22.0. The summed E-state index contributed by atoms with van der Waals surface area (Å²) >= 11 is 0. The van der Waals surface area contributed by atoms with Gasteiger partial charge in [0.15, 0.2) is 0 Å². The number of aliphatic hydroxyl groups excluding tert-OH is 1. The summed E-state index contributed by atoms with van der Waals surface area (Å²) in [6.07, 6.45) is 70.1. The van der Waals surface area contributed by atoms with Crippen LogP contribution in [-0.2, 0) is 18.4 Å². The number of nitrogens with zero attached hydrogens (tertiary/aromatic N) is 1. The van der Waals surface area contributed by atoms with Crippen molar-refractivity contribution in [3.63, 3.8) is 0 Å². The molecule has 0 aliphatic rings. The molecule has 71 heavy (non-hydrogen) atoms. The van der Waals surface area contributed by atoms with Crippen molar-refractivity contribution in [3.05, 3.63) is 48.6 Å². The zero-order chi connectivity index (χ0) is 52.0. The predicted molar refractivity (Wildman–Crippen MR) is 307 cm³/mol. The lowest BCUT2D eigenvalue weighted by atomic mass is 10.0. The van der Waals surface area contributed by atoms with Gasteiger partial charge in [0.2, 0.25) is 5.91 Å². The summed E-state index contributed by atoms with van der Waals surface area (Å²) in [6, 6.07) is -0.800. The Balaban J connectivity index is 4.05. The van der Waals surface area contributed by atoms with E-state index in [4.69, 9.17) is 9.05 Å². The van der Waals surface area contributed by atoms with Crippen LogP contribution in [-0.4, -0.2) is 68.5 Å². The smallest absolute Gasteiger partial charge is 0.268 e. The minimum absolute atomic E-state index is 0.0132. The highest BCUT2D eigenvalue weighted by molar-refractivity contribution is 7.45. The molecule has 0 rings (SSSR count). The minimum atomic E-state index is -4.57. The van der Waals surface area contributed by atoms with Crippen molar-refractivity contribution in [1.29, 1.82) is 0 Å². The van der Waals surface area contributed by atoms with Gasteiger partial charge in [-0.05, 0) is 51.4 Å². The molecule has 0 heterocycles. The topological polar surface area (TPSA) is 108 Å². The van der Waals surface area contributed by atoms with E-state index >= 15 is 0 Å². The van der Waals surface area contributed by atoms with Gasteiger partial charge in [-0.15, -0.1) is 0 Å². The van der Waals surface area contributed by atoms with E-state index in [9.17, 15) is 19.4 Å². The van der Waals surface area contributed by atoms with E-state index in [2.05, 4.69) is 67.8 Å². The highest BCUT2D eigenvalue weighted by atomic mass is 31.2. The minimum Gasteiger partial charge on any atom is -0.756 e. The Morgan fingerprint density at radius 2 is 0.859 bits per heavy atom. The van der Waals surface area contributed by atoms with Crippen molar-refractivity contribution in [2.24, 2.45) is 0 Å². The number of allylic oxidation sites excluding steroid dienone is 8. The summed E-state index contributed by atoms with van der Waals surface area (Å²) in [6.45, 7) is 4.64. The normalized spacial score (nSPS) is 14.2. The molecule has 0 spiro atoms. The predicted octanol–water partition coefficient (Wildman–Crippen LogP) is 18.1. The molecule has 0 aliphatic carbocycles. The van der Waals surface area contributed by atoms with Crippen LogP contribution in [0.5, 0.6) is 0 Å². The van der Waals surface area contributed by atoms with Gasteiger partial charge in [-0.1, -0.05) is 281 Å². The molecule has 0 radical (unpaired) electrons. The Bertz CT molecular complexity index is 1290. The molecule has 0 saturated heterocycles. The Hall–Kier alpha value is -1.54. The zero-order valence-corrected chi connectivity index (χ0v) is 48.6. The van der Waals surface area contributed by atoms with Crippen molar-refractivity contribution >= 4 is 13.7 Å². The molecule has 0 aromatic rings. The molecule has 0 fully saturated rings. The summed E-state index contributed by atoms with van der Waals surface area (Å²) < 4.78 is 23.4. The number of amides is 1. The molecule has 1 amide bonds. The summed E-state index contributed by atoms with van der Waals surface area (Å²) in [5.41, 5.74) is 0. The number of quaternary nitrogens is 1. The highest BCUT2D eigenvalue weighted by Gasteiger charge is 2.24. The summed E-state index contributed by atoms with van der Waals surface area (Å²) in [5, 5.41) is 14.0. The van der Waals surface area contributed by atoms with Crippen LogP contribution in [0, 0.1) is 0 Å². The van der Waals surface area contributed by atoms with Crippen LogP contribution in [0.25, 0.3) is 0 Å². The molecular formula is C62H119N2O6P. The zero-order valence-electron chi connectivity index (χ0n) is 47.7. The van der Waals surface area contributed by atoms with Crippen LogP contribution in [0.1, 0.15) is 290 Å². The molecule has 0 aromatic carbocycles. The Labute approximate surface area is 441 Å². The summed E-state index contributed by atoms with van der Waals surface area (Å²) in [5.74, 6) is -0.161. The number of unbranched alkanes of at least 4 members (excludes halogenated alkanes) is 35.